The van der Waals surface area contributed by atoms with Crippen molar-refractivity contribution in [3.05, 3.63) is 0 Å². The van der Waals surface area contributed by atoms with E-state index in [0.29, 0.717) is 19.6 Å². The van der Waals surface area contributed by atoms with Crippen LogP contribution in [-0.4, -0.2) is 42.4 Å². The number of alkyl halides is 7. The zero-order valence-corrected chi connectivity index (χ0v) is 10.8. The van der Waals surface area contributed by atoms with Crippen LogP contribution >= 0.6 is 0 Å². The van der Waals surface area contributed by atoms with Gasteiger partial charge in [-0.05, 0) is 19.8 Å². The molecule has 1 unspecified atom stereocenters. The number of hydrogen-bond acceptors (Lipinski definition) is 2. The van der Waals surface area contributed by atoms with E-state index < -0.39 is 30.5 Å². The van der Waals surface area contributed by atoms with Crippen molar-refractivity contribution in [1.29, 1.82) is 0 Å². The smallest absolute Gasteiger partial charge is 0.387 e. The average molecular weight is 314 g/mol. The highest BCUT2D eigenvalue weighted by Crippen LogP contribution is 2.48. The summed E-state index contributed by atoms with van der Waals surface area (Å²) in [6.45, 7) is 2.53. The maximum atomic E-state index is 13.0. The monoisotopic (exact) mass is 314 g/mol. The highest BCUT2D eigenvalue weighted by Gasteiger charge is 2.75. The van der Waals surface area contributed by atoms with Gasteiger partial charge in [-0.2, -0.15) is 30.7 Å². The SMILES string of the molecule is CCOCCCCCC(O)C(F)(F)C(F)(F)C(F)(F)F. The van der Waals surface area contributed by atoms with E-state index in [-0.39, 0.29) is 12.8 Å². The van der Waals surface area contributed by atoms with Crippen LogP contribution in [0.2, 0.25) is 0 Å². The molecule has 0 heterocycles. The molecule has 0 bridgehead atoms. The Morgan fingerprint density at radius 3 is 1.95 bits per heavy atom. The minimum Gasteiger partial charge on any atom is -0.387 e. The fourth-order valence-electron chi connectivity index (χ4n) is 1.44. The van der Waals surface area contributed by atoms with Crippen LogP contribution in [0.1, 0.15) is 32.6 Å². The van der Waals surface area contributed by atoms with Gasteiger partial charge in [-0.1, -0.05) is 12.8 Å². The Morgan fingerprint density at radius 1 is 0.950 bits per heavy atom. The Labute approximate surface area is 111 Å². The Bertz CT molecular complexity index is 278. The molecule has 0 radical (unpaired) electrons. The number of aliphatic hydroxyl groups is 1. The summed E-state index contributed by atoms with van der Waals surface area (Å²) in [5.41, 5.74) is 0. The summed E-state index contributed by atoms with van der Waals surface area (Å²) in [5, 5.41) is 8.92. The summed E-state index contributed by atoms with van der Waals surface area (Å²) in [7, 11) is 0. The molecule has 1 atom stereocenters. The van der Waals surface area contributed by atoms with Gasteiger partial charge in [0.15, 0.2) is 0 Å². The standard InChI is InChI=1S/C11H17F7O2/c1-2-20-7-5-3-4-6-8(19)9(12,13)10(14,15)11(16,17)18/h8,19H,2-7H2,1H3. The molecule has 0 fully saturated rings. The van der Waals surface area contributed by atoms with Gasteiger partial charge in [0.05, 0.1) is 0 Å². The topological polar surface area (TPSA) is 29.5 Å². The summed E-state index contributed by atoms with van der Waals surface area (Å²) in [6.07, 6.45) is -9.67. The molecule has 0 amide bonds. The van der Waals surface area contributed by atoms with E-state index in [9.17, 15) is 30.7 Å². The predicted octanol–water partition coefficient (Wildman–Crippen LogP) is 3.78. The lowest BCUT2D eigenvalue weighted by atomic mass is 9.99. The first-order valence-electron chi connectivity index (χ1n) is 6.06. The lowest BCUT2D eigenvalue weighted by Crippen LogP contribution is -2.57. The van der Waals surface area contributed by atoms with Crippen molar-refractivity contribution in [2.24, 2.45) is 0 Å². The third-order valence-electron chi connectivity index (χ3n) is 2.66. The van der Waals surface area contributed by atoms with Crippen LogP contribution in [0.5, 0.6) is 0 Å². The molecule has 122 valence electrons. The first-order chi connectivity index (χ1) is 8.98. The zero-order valence-electron chi connectivity index (χ0n) is 10.8. The largest absolute Gasteiger partial charge is 0.459 e. The van der Waals surface area contributed by atoms with Crippen LogP contribution in [0.3, 0.4) is 0 Å². The molecule has 0 spiro atoms. The number of aliphatic hydroxyl groups excluding tert-OH is 1. The molecule has 0 aromatic carbocycles. The summed E-state index contributed by atoms with van der Waals surface area (Å²) < 4.78 is 91.6. The highest BCUT2D eigenvalue weighted by atomic mass is 19.4. The Kier molecular flexibility index (Phi) is 7.23. The average Bonchev–Trinajstić information content (AvgIpc) is 2.31. The number of halogens is 7. The van der Waals surface area contributed by atoms with Gasteiger partial charge in [0.25, 0.3) is 0 Å². The van der Waals surface area contributed by atoms with E-state index in [1.54, 1.807) is 6.92 Å². The van der Waals surface area contributed by atoms with Crippen LogP contribution in [0, 0.1) is 0 Å². The molecule has 1 N–H and O–H groups in total. The Morgan fingerprint density at radius 2 is 1.50 bits per heavy atom. The van der Waals surface area contributed by atoms with Gasteiger partial charge in [-0.15, -0.1) is 0 Å². The fourth-order valence-corrected chi connectivity index (χ4v) is 1.44. The molecule has 9 heteroatoms. The number of unbranched alkanes of at least 4 members (excludes halogenated alkanes) is 2. The number of ether oxygens (including phenoxy) is 1. The van der Waals surface area contributed by atoms with Crippen molar-refractivity contribution in [2.45, 2.75) is 56.7 Å². The van der Waals surface area contributed by atoms with Crippen molar-refractivity contribution in [2.75, 3.05) is 13.2 Å². The van der Waals surface area contributed by atoms with Crippen molar-refractivity contribution in [1.82, 2.24) is 0 Å². The van der Waals surface area contributed by atoms with Crippen molar-refractivity contribution in [3.63, 3.8) is 0 Å². The van der Waals surface area contributed by atoms with Gasteiger partial charge < -0.3 is 9.84 Å². The minimum atomic E-state index is -6.41. The molecule has 20 heavy (non-hydrogen) atoms. The quantitative estimate of drug-likeness (QED) is 0.518. The summed E-state index contributed by atoms with van der Waals surface area (Å²) in [5.74, 6) is -11.8. The maximum Gasteiger partial charge on any atom is 0.459 e. The van der Waals surface area contributed by atoms with Gasteiger partial charge in [0.2, 0.25) is 0 Å². The number of hydrogen-bond donors (Lipinski definition) is 1. The van der Waals surface area contributed by atoms with Crippen LogP contribution < -0.4 is 0 Å². The highest BCUT2D eigenvalue weighted by molar-refractivity contribution is 4.95. The minimum absolute atomic E-state index is 0.0994. The van der Waals surface area contributed by atoms with E-state index in [0.717, 1.165) is 0 Å². The van der Waals surface area contributed by atoms with Crippen LogP contribution in [-0.2, 0) is 4.74 Å². The van der Waals surface area contributed by atoms with E-state index in [1.807, 2.05) is 0 Å². The first kappa shape index (κ1) is 19.4. The Balaban J connectivity index is 4.35. The lowest BCUT2D eigenvalue weighted by Gasteiger charge is -2.31. The lowest BCUT2D eigenvalue weighted by molar-refractivity contribution is -0.371. The molecule has 0 aliphatic carbocycles. The van der Waals surface area contributed by atoms with Crippen LogP contribution in [0.25, 0.3) is 0 Å². The molecule has 0 aromatic rings. The normalized spacial score (nSPS) is 15.4. The second kappa shape index (κ2) is 7.44. The molecular weight excluding hydrogens is 297 g/mol. The summed E-state index contributed by atoms with van der Waals surface area (Å²) in [6, 6.07) is 0. The predicted molar refractivity (Wildman–Crippen MR) is 56.9 cm³/mol. The van der Waals surface area contributed by atoms with Crippen LogP contribution in [0.4, 0.5) is 30.7 Å². The molecule has 0 rings (SSSR count). The van der Waals surface area contributed by atoms with E-state index in [4.69, 9.17) is 9.84 Å². The fraction of sp³-hybridized carbons (Fsp3) is 1.00. The van der Waals surface area contributed by atoms with Gasteiger partial charge in [0, 0.05) is 13.2 Å². The van der Waals surface area contributed by atoms with E-state index >= 15 is 0 Å². The van der Waals surface area contributed by atoms with Gasteiger partial charge in [-0.25, -0.2) is 0 Å². The number of rotatable bonds is 9. The third-order valence-corrected chi connectivity index (χ3v) is 2.66. The molecular formula is C11H17F7O2. The zero-order chi connectivity index (χ0) is 16.0. The van der Waals surface area contributed by atoms with Gasteiger partial charge in [-0.3, -0.25) is 0 Å². The second-order valence-electron chi connectivity index (χ2n) is 4.26. The third kappa shape index (κ3) is 4.76. The summed E-state index contributed by atoms with van der Waals surface area (Å²) in [4.78, 5) is 0. The van der Waals surface area contributed by atoms with Gasteiger partial charge in [0.1, 0.15) is 6.10 Å². The van der Waals surface area contributed by atoms with Crippen molar-refractivity contribution < 1.29 is 40.6 Å². The van der Waals surface area contributed by atoms with Crippen molar-refractivity contribution >= 4 is 0 Å². The van der Waals surface area contributed by atoms with E-state index in [1.165, 1.54) is 0 Å². The van der Waals surface area contributed by atoms with Gasteiger partial charge >= 0.3 is 18.0 Å². The van der Waals surface area contributed by atoms with Crippen LogP contribution in [0.15, 0.2) is 0 Å². The maximum absolute atomic E-state index is 13.0. The van der Waals surface area contributed by atoms with E-state index in [2.05, 4.69) is 0 Å². The first-order valence-corrected chi connectivity index (χ1v) is 6.06. The molecule has 0 saturated carbocycles. The second-order valence-corrected chi connectivity index (χ2v) is 4.26. The molecule has 2 nitrogen and oxygen atoms in total. The molecule has 0 aliphatic heterocycles. The molecule has 0 saturated heterocycles. The van der Waals surface area contributed by atoms with Crippen molar-refractivity contribution in [3.8, 4) is 0 Å². The molecule has 0 aliphatic rings. The molecule has 0 aromatic heterocycles. The Hall–Kier alpha value is -0.570. The summed E-state index contributed by atoms with van der Waals surface area (Å²) >= 11 is 0.